The fourth-order valence-electron chi connectivity index (χ4n) is 2.72. The molecule has 0 heterocycles. The zero-order valence-electron chi connectivity index (χ0n) is 16.2. The number of phenols is 2. The Hall–Kier alpha value is -3.66. The summed E-state index contributed by atoms with van der Waals surface area (Å²) in [6, 6.07) is 10.1. The van der Waals surface area contributed by atoms with Crippen LogP contribution in [-0.4, -0.2) is 21.8 Å². The van der Waals surface area contributed by atoms with Gasteiger partial charge in [0.2, 0.25) is 0 Å². The van der Waals surface area contributed by atoms with Gasteiger partial charge in [0.1, 0.15) is 11.5 Å². The maximum atomic E-state index is 12.0. The molecule has 0 fully saturated rings. The molecule has 0 aliphatic rings. The summed E-state index contributed by atoms with van der Waals surface area (Å²) in [7, 11) is 0. The maximum absolute atomic E-state index is 12.0. The fraction of sp³-hybridized carbons (Fsp3) is 0.120. The van der Waals surface area contributed by atoms with Crippen molar-refractivity contribution in [2.45, 2.75) is 19.3 Å². The second kappa shape index (κ2) is 10.6. The van der Waals surface area contributed by atoms with Crippen LogP contribution in [0.1, 0.15) is 28.7 Å². The molecule has 0 amide bonds. The van der Waals surface area contributed by atoms with Crippen LogP contribution >= 0.6 is 0 Å². The molecule has 2 aromatic rings. The summed E-state index contributed by atoms with van der Waals surface area (Å²) in [5, 5.41) is 19.5. The van der Waals surface area contributed by atoms with Crippen molar-refractivity contribution >= 4 is 23.7 Å². The Kier molecular flexibility index (Phi) is 7.92. The molecule has 0 saturated heterocycles. The van der Waals surface area contributed by atoms with Gasteiger partial charge in [-0.15, -0.1) is 13.2 Å². The minimum atomic E-state index is -0.309. The van der Waals surface area contributed by atoms with E-state index in [-0.39, 0.29) is 29.5 Å². The largest absolute Gasteiger partial charge is 0.508 e. The normalized spacial score (nSPS) is 11.0. The number of aromatic hydroxyl groups is 2. The first-order chi connectivity index (χ1) is 13.9. The van der Waals surface area contributed by atoms with Crippen LogP contribution in [-0.2, 0) is 22.4 Å². The van der Waals surface area contributed by atoms with Gasteiger partial charge in [0.25, 0.3) is 0 Å². The van der Waals surface area contributed by atoms with Gasteiger partial charge in [-0.2, -0.15) is 0 Å². The third kappa shape index (κ3) is 6.78. The zero-order chi connectivity index (χ0) is 21.2. The fourth-order valence-corrected chi connectivity index (χ4v) is 2.72. The molecule has 0 unspecified atom stereocenters. The predicted octanol–water partition coefficient (Wildman–Crippen LogP) is 4.81. The Labute approximate surface area is 170 Å². The molecule has 29 heavy (non-hydrogen) atoms. The minimum Gasteiger partial charge on any atom is -0.508 e. The van der Waals surface area contributed by atoms with Gasteiger partial charge < -0.3 is 10.2 Å². The van der Waals surface area contributed by atoms with Gasteiger partial charge in [-0.05, 0) is 71.5 Å². The number of hydrogen-bond acceptors (Lipinski definition) is 4. The first kappa shape index (κ1) is 21.6. The van der Waals surface area contributed by atoms with Crippen molar-refractivity contribution in [2.24, 2.45) is 0 Å². The van der Waals surface area contributed by atoms with Crippen LogP contribution in [0.3, 0.4) is 0 Å². The first-order valence-electron chi connectivity index (χ1n) is 9.20. The first-order valence-corrected chi connectivity index (χ1v) is 9.20. The third-order valence-electron chi connectivity index (χ3n) is 4.21. The second-order valence-corrected chi connectivity index (χ2v) is 6.54. The minimum absolute atomic E-state index is 0.180. The van der Waals surface area contributed by atoms with E-state index in [1.54, 1.807) is 60.7 Å². The number of ketones is 2. The molecule has 2 rings (SSSR count). The average Bonchev–Trinajstić information content (AvgIpc) is 2.69. The smallest absolute Gasteiger partial charge is 0.163 e. The number of benzene rings is 2. The van der Waals surface area contributed by atoms with E-state index in [1.165, 1.54) is 12.2 Å². The molecular weight excluding hydrogens is 364 g/mol. The number of allylic oxidation sites excluding steroid dienone is 4. The standard InChI is InChI=1S/C25H24O4/c1-3-5-20-15-18(9-13-24(20)28)7-11-22(26)17-23(27)12-8-19-10-14-25(29)21(16-19)6-4-2/h3-4,7-16,28-29H,1-2,5-6,17H2/b11-7+,12-8+. The molecule has 4 nitrogen and oxygen atoms in total. The molecule has 0 atom stereocenters. The topological polar surface area (TPSA) is 74.6 Å². The molecule has 0 radical (unpaired) electrons. The van der Waals surface area contributed by atoms with Crippen molar-refractivity contribution in [3.63, 3.8) is 0 Å². The Morgan fingerprint density at radius 3 is 1.55 bits per heavy atom. The van der Waals surface area contributed by atoms with Crippen molar-refractivity contribution in [1.82, 2.24) is 0 Å². The van der Waals surface area contributed by atoms with E-state index in [1.807, 2.05) is 0 Å². The lowest BCUT2D eigenvalue weighted by atomic mass is 10.0. The van der Waals surface area contributed by atoms with Crippen molar-refractivity contribution in [3.05, 3.63) is 96.1 Å². The highest BCUT2D eigenvalue weighted by Gasteiger charge is 2.05. The Bertz CT molecular complexity index is 901. The molecule has 2 N–H and O–H groups in total. The lowest BCUT2D eigenvalue weighted by Gasteiger charge is -2.03. The van der Waals surface area contributed by atoms with Gasteiger partial charge in [-0.25, -0.2) is 0 Å². The number of phenolic OH excluding ortho intramolecular Hbond substituents is 2. The summed E-state index contributed by atoms with van der Waals surface area (Å²) in [5.41, 5.74) is 2.96. The summed E-state index contributed by atoms with van der Waals surface area (Å²) in [4.78, 5) is 24.1. The van der Waals surface area contributed by atoms with E-state index >= 15 is 0 Å². The van der Waals surface area contributed by atoms with E-state index in [0.717, 1.165) is 22.3 Å². The van der Waals surface area contributed by atoms with Gasteiger partial charge in [0, 0.05) is 0 Å². The lowest BCUT2D eigenvalue weighted by Crippen LogP contribution is -2.02. The Balaban J connectivity index is 1.97. The number of hydrogen-bond donors (Lipinski definition) is 2. The molecule has 148 valence electrons. The molecule has 0 aromatic heterocycles. The number of rotatable bonds is 10. The van der Waals surface area contributed by atoms with Crippen LogP contribution in [0.2, 0.25) is 0 Å². The van der Waals surface area contributed by atoms with Crippen molar-refractivity contribution in [3.8, 4) is 11.5 Å². The van der Waals surface area contributed by atoms with Crippen molar-refractivity contribution in [1.29, 1.82) is 0 Å². The molecular formula is C25H24O4. The quantitative estimate of drug-likeness (QED) is 0.348. The number of carbonyl (C=O) groups is 2. The molecule has 2 aromatic carbocycles. The van der Waals surface area contributed by atoms with Crippen molar-refractivity contribution in [2.75, 3.05) is 0 Å². The summed E-state index contributed by atoms with van der Waals surface area (Å²) >= 11 is 0. The number of carbonyl (C=O) groups excluding carboxylic acids is 2. The summed E-state index contributed by atoms with van der Waals surface area (Å²) in [5.74, 6) is -0.259. The second-order valence-electron chi connectivity index (χ2n) is 6.54. The van der Waals surface area contributed by atoms with Crippen LogP contribution in [0, 0.1) is 0 Å². The molecule has 0 aliphatic heterocycles. The Morgan fingerprint density at radius 1 is 0.759 bits per heavy atom. The van der Waals surface area contributed by atoms with Crippen LogP contribution in [0.4, 0.5) is 0 Å². The van der Waals surface area contributed by atoms with Gasteiger partial charge in [0.15, 0.2) is 11.6 Å². The van der Waals surface area contributed by atoms with Crippen LogP contribution in [0.15, 0.2) is 73.9 Å². The van der Waals surface area contributed by atoms with Crippen LogP contribution in [0.25, 0.3) is 12.2 Å². The van der Waals surface area contributed by atoms with E-state index in [4.69, 9.17) is 0 Å². The predicted molar refractivity (Wildman–Crippen MR) is 117 cm³/mol. The van der Waals surface area contributed by atoms with Gasteiger partial charge in [0.05, 0.1) is 6.42 Å². The van der Waals surface area contributed by atoms with Gasteiger partial charge in [-0.3, -0.25) is 9.59 Å². The third-order valence-corrected chi connectivity index (χ3v) is 4.21. The van der Waals surface area contributed by atoms with Gasteiger partial charge in [-0.1, -0.05) is 36.4 Å². The highest BCUT2D eigenvalue weighted by molar-refractivity contribution is 6.10. The molecule has 4 heteroatoms. The van der Waals surface area contributed by atoms with E-state index in [2.05, 4.69) is 13.2 Å². The molecule has 0 bridgehead atoms. The monoisotopic (exact) mass is 388 g/mol. The summed E-state index contributed by atoms with van der Waals surface area (Å²) in [6.45, 7) is 7.29. The lowest BCUT2D eigenvalue weighted by molar-refractivity contribution is -0.121. The summed E-state index contributed by atoms with van der Waals surface area (Å²) < 4.78 is 0. The highest BCUT2D eigenvalue weighted by atomic mass is 16.3. The van der Waals surface area contributed by atoms with E-state index in [0.29, 0.717) is 12.8 Å². The maximum Gasteiger partial charge on any atom is 0.163 e. The highest BCUT2D eigenvalue weighted by Crippen LogP contribution is 2.21. The molecule has 0 saturated carbocycles. The summed E-state index contributed by atoms with van der Waals surface area (Å²) in [6.07, 6.45) is 10.1. The van der Waals surface area contributed by atoms with Crippen molar-refractivity contribution < 1.29 is 19.8 Å². The van der Waals surface area contributed by atoms with E-state index < -0.39 is 0 Å². The van der Waals surface area contributed by atoms with Gasteiger partial charge >= 0.3 is 0 Å². The van der Waals surface area contributed by atoms with Crippen LogP contribution < -0.4 is 0 Å². The van der Waals surface area contributed by atoms with E-state index in [9.17, 15) is 19.8 Å². The molecule has 0 spiro atoms. The average molecular weight is 388 g/mol. The molecule has 0 aliphatic carbocycles. The SMILES string of the molecule is C=CCc1cc(/C=C/C(=O)CC(=O)/C=C/c2ccc(O)c(CC=C)c2)ccc1O. The Morgan fingerprint density at radius 2 is 1.17 bits per heavy atom. The zero-order valence-corrected chi connectivity index (χ0v) is 16.2. The van der Waals surface area contributed by atoms with Crippen LogP contribution in [0.5, 0.6) is 11.5 Å².